The van der Waals surface area contributed by atoms with Crippen LogP contribution in [0.3, 0.4) is 0 Å². The lowest BCUT2D eigenvalue weighted by Crippen LogP contribution is -2.19. The van der Waals surface area contributed by atoms with E-state index in [2.05, 4.69) is 25.0 Å². The summed E-state index contributed by atoms with van der Waals surface area (Å²) in [5, 5.41) is 5.66. The Bertz CT molecular complexity index is 1600. The highest BCUT2D eigenvalue weighted by atomic mass is 32.2. The number of pyridine rings is 2. The molecule has 0 saturated heterocycles. The highest BCUT2D eigenvalue weighted by molar-refractivity contribution is 7.93. The Morgan fingerprint density at radius 3 is 2.59 bits per heavy atom. The van der Waals surface area contributed by atoms with Gasteiger partial charge in [-0.3, -0.25) is 24.8 Å². The summed E-state index contributed by atoms with van der Waals surface area (Å²) in [6.45, 7) is 0. The van der Waals surface area contributed by atoms with Crippen LogP contribution in [0.25, 0.3) is 22.2 Å². The molecule has 34 heavy (non-hydrogen) atoms. The van der Waals surface area contributed by atoms with Crippen LogP contribution in [0.4, 0.5) is 10.8 Å². The normalized spacial score (nSPS) is 11.3. The van der Waals surface area contributed by atoms with E-state index in [1.165, 1.54) is 42.1 Å². The second-order valence-corrected chi connectivity index (χ2v) is 9.73. The number of carbonyl (C=O) groups is 1. The van der Waals surface area contributed by atoms with E-state index in [1.54, 1.807) is 24.3 Å². The molecule has 0 fully saturated rings. The molecule has 0 atom stereocenters. The number of carbonyl (C=O) groups excluding carboxylic acids is 1. The van der Waals surface area contributed by atoms with Crippen molar-refractivity contribution in [3.63, 3.8) is 0 Å². The average Bonchev–Trinajstić information content (AvgIpc) is 3.33. The molecule has 2 aromatic carbocycles. The third-order valence-corrected chi connectivity index (χ3v) is 7.14. The minimum atomic E-state index is -4.05. The van der Waals surface area contributed by atoms with Crippen LogP contribution in [0, 0.1) is 0 Å². The van der Waals surface area contributed by atoms with Crippen molar-refractivity contribution < 1.29 is 13.2 Å². The van der Waals surface area contributed by atoms with Gasteiger partial charge in [-0.25, -0.2) is 13.4 Å². The lowest BCUT2D eigenvalue weighted by molar-refractivity contribution is 0.102. The molecule has 0 aliphatic heterocycles. The summed E-state index contributed by atoms with van der Waals surface area (Å²) in [6, 6.07) is 19.4. The van der Waals surface area contributed by atoms with E-state index in [4.69, 9.17) is 0 Å². The highest BCUT2D eigenvalue weighted by Gasteiger charge is 2.22. The lowest BCUT2D eigenvalue weighted by Gasteiger charge is -2.12. The molecule has 8 nitrogen and oxygen atoms in total. The molecule has 3 aromatic heterocycles. The zero-order valence-corrected chi connectivity index (χ0v) is 19.2. The van der Waals surface area contributed by atoms with E-state index >= 15 is 0 Å². The van der Waals surface area contributed by atoms with E-state index in [1.807, 2.05) is 35.7 Å². The van der Waals surface area contributed by atoms with E-state index in [-0.39, 0.29) is 16.1 Å². The monoisotopic (exact) mass is 487 g/mol. The van der Waals surface area contributed by atoms with Crippen LogP contribution >= 0.6 is 11.3 Å². The summed E-state index contributed by atoms with van der Waals surface area (Å²) in [5.74, 6) is -0.509. The number of hydrogen-bond donors (Lipinski definition) is 2. The van der Waals surface area contributed by atoms with Gasteiger partial charge in [0, 0.05) is 28.7 Å². The lowest BCUT2D eigenvalue weighted by atomic mass is 10.2. The molecule has 0 aliphatic carbocycles. The van der Waals surface area contributed by atoms with Gasteiger partial charge >= 0.3 is 0 Å². The number of fused-ring (bicyclic) bond motifs is 1. The standard InChI is InChI=1S/C24H17N5O3S2/c30-23(28-24-27-20(15-33-24)16-6-2-1-3-7-16)18-11-13-25-14-19(18)29-34(31,32)21-10-4-8-17-9-5-12-26-22(17)21/h1-15,29H,(H,27,28,30). The van der Waals surface area contributed by atoms with Crippen molar-refractivity contribution in [3.05, 3.63) is 96.3 Å². The summed E-state index contributed by atoms with van der Waals surface area (Å²) in [6.07, 6.45) is 4.24. The SMILES string of the molecule is O=C(Nc1nc(-c2ccccc2)cs1)c1ccncc1NS(=O)(=O)c1cccc2cccnc12. The highest BCUT2D eigenvalue weighted by Crippen LogP contribution is 2.27. The fraction of sp³-hybridized carbons (Fsp3) is 0. The topological polar surface area (TPSA) is 114 Å². The van der Waals surface area contributed by atoms with Crippen LogP contribution in [0.2, 0.25) is 0 Å². The van der Waals surface area contributed by atoms with E-state index in [0.717, 1.165) is 11.3 Å². The molecule has 1 amide bonds. The van der Waals surface area contributed by atoms with E-state index in [0.29, 0.717) is 16.0 Å². The first-order chi connectivity index (χ1) is 16.5. The molecule has 168 valence electrons. The second kappa shape index (κ2) is 9.00. The van der Waals surface area contributed by atoms with Crippen molar-refractivity contribution in [3.8, 4) is 11.3 Å². The first kappa shape index (κ1) is 21.7. The number of sulfonamides is 1. The van der Waals surface area contributed by atoms with Gasteiger partial charge < -0.3 is 0 Å². The number of para-hydroxylation sites is 1. The van der Waals surface area contributed by atoms with Crippen LogP contribution in [-0.4, -0.2) is 29.3 Å². The maximum atomic E-state index is 13.2. The van der Waals surface area contributed by atoms with Gasteiger partial charge in [-0.05, 0) is 18.2 Å². The van der Waals surface area contributed by atoms with Crippen molar-refractivity contribution in [2.45, 2.75) is 4.90 Å². The molecule has 5 rings (SSSR count). The smallest absolute Gasteiger partial charge is 0.264 e. The van der Waals surface area contributed by atoms with Gasteiger partial charge in [0.15, 0.2) is 5.13 Å². The zero-order chi connectivity index (χ0) is 23.5. The Morgan fingerprint density at radius 2 is 1.74 bits per heavy atom. The first-order valence-electron chi connectivity index (χ1n) is 10.1. The molecule has 0 aliphatic rings. The third-order valence-electron chi connectivity index (χ3n) is 4.99. The number of benzene rings is 2. The number of thiazole rings is 1. The zero-order valence-electron chi connectivity index (χ0n) is 17.5. The molecular formula is C24H17N5O3S2. The quantitative estimate of drug-likeness (QED) is 0.355. The molecule has 10 heteroatoms. The minimum absolute atomic E-state index is 0.00763. The molecule has 0 spiro atoms. The van der Waals surface area contributed by atoms with Crippen LogP contribution in [-0.2, 0) is 10.0 Å². The number of nitrogens with one attached hydrogen (secondary N) is 2. The van der Waals surface area contributed by atoms with Crippen molar-refractivity contribution in [2.75, 3.05) is 10.0 Å². The Morgan fingerprint density at radius 1 is 0.912 bits per heavy atom. The number of aromatic nitrogens is 3. The van der Waals surface area contributed by atoms with Crippen LogP contribution in [0.1, 0.15) is 10.4 Å². The van der Waals surface area contributed by atoms with Crippen molar-refractivity contribution >= 4 is 49.0 Å². The molecule has 5 aromatic rings. The number of nitrogens with zero attached hydrogens (tertiary/aromatic N) is 3. The predicted molar refractivity (Wildman–Crippen MR) is 132 cm³/mol. The summed E-state index contributed by atoms with van der Waals surface area (Å²) < 4.78 is 28.9. The molecule has 3 heterocycles. The maximum absolute atomic E-state index is 13.2. The second-order valence-electron chi connectivity index (χ2n) is 7.22. The number of rotatable bonds is 6. The molecule has 0 saturated carbocycles. The summed E-state index contributed by atoms with van der Waals surface area (Å²) in [7, 11) is -4.05. The fourth-order valence-electron chi connectivity index (χ4n) is 3.40. The van der Waals surface area contributed by atoms with Crippen molar-refractivity contribution in [1.82, 2.24) is 15.0 Å². The largest absolute Gasteiger partial charge is 0.298 e. The predicted octanol–water partition coefficient (Wildman–Crippen LogP) is 4.81. The molecule has 2 N–H and O–H groups in total. The number of anilines is 2. The van der Waals surface area contributed by atoms with Gasteiger partial charge in [0.05, 0.1) is 28.7 Å². The van der Waals surface area contributed by atoms with Crippen LogP contribution in [0.5, 0.6) is 0 Å². The van der Waals surface area contributed by atoms with E-state index in [9.17, 15) is 13.2 Å². The number of amides is 1. The maximum Gasteiger partial charge on any atom is 0.264 e. The van der Waals surface area contributed by atoms with Gasteiger partial charge in [-0.2, -0.15) is 0 Å². The van der Waals surface area contributed by atoms with Gasteiger partial charge in [-0.1, -0.05) is 48.5 Å². The summed E-state index contributed by atoms with van der Waals surface area (Å²) in [5.41, 5.74) is 2.17. The van der Waals surface area contributed by atoms with Gasteiger partial charge in [0.1, 0.15) is 4.90 Å². The minimum Gasteiger partial charge on any atom is -0.298 e. The molecular weight excluding hydrogens is 470 g/mol. The van der Waals surface area contributed by atoms with Crippen LogP contribution in [0.15, 0.2) is 95.6 Å². The van der Waals surface area contributed by atoms with Gasteiger partial charge in [-0.15, -0.1) is 11.3 Å². The Hall–Kier alpha value is -4.15. The van der Waals surface area contributed by atoms with Crippen molar-refractivity contribution in [2.24, 2.45) is 0 Å². The molecule has 0 bridgehead atoms. The van der Waals surface area contributed by atoms with Crippen molar-refractivity contribution in [1.29, 1.82) is 0 Å². The van der Waals surface area contributed by atoms with Gasteiger partial charge in [0.2, 0.25) is 0 Å². The van der Waals surface area contributed by atoms with Crippen LogP contribution < -0.4 is 10.0 Å². The summed E-state index contributed by atoms with van der Waals surface area (Å²) >= 11 is 1.28. The van der Waals surface area contributed by atoms with Gasteiger partial charge in [0.25, 0.3) is 15.9 Å². The third kappa shape index (κ3) is 4.36. The fourth-order valence-corrected chi connectivity index (χ4v) is 5.36. The number of hydrogen-bond acceptors (Lipinski definition) is 7. The average molecular weight is 488 g/mol. The first-order valence-corrected chi connectivity index (χ1v) is 12.5. The Labute approximate surface area is 199 Å². The Balaban J connectivity index is 1.41. The van der Waals surface area contributed by atoms with E-state index < -0.39 is 15.9 Å². The summed E-state index contributed by atoms with van der Waals surface area (Å²) in [4.78, 5) is 25.7. The Kier molecular flexibility index (Phi) is 5.74. The molecule has 0 radical (unpaired) electrons. The molecule has 0 unspecified atom stereocenters.